The maximum absolute atomic E-state index is 7.05. The van der Waals surface area contributed by atoms with Gasteiger partial charge in [-0.3, -0.25) is 0 Å². The molecular weight excluding hydrogens is 1260 g/mol. The second kappa shape index (κ2) is 20.9. The quantitative estimate of drug-likeness (QED) is 0.149. The monoisotopic (exact) mass is 1340 g/mol. The molecule has 0 unspecified atom stereocenters. The van der Waals surface area contributed by atoms with Crippen molar-refractivity contribution in [2.24, 2.45) is 0 Å². The van der Waals surface area contributed by atoms with Gasteiger partial charge in [0.2, 0.25) is 0 Å². The number of nitrogens with zero attached hydrogens (tertiary/aromatic N) is 4. The molecule has 12 aromatic rings. The van der Waals surface area contributed by atoms with Crippen LogP contribution in [0, 0.1) is 18.8 Å². The van der Waals surface area contributed by atoms with Crippen molar-refractivity contribution in [2.75, 3.05) is 9.80 Å². The Hall–Kier alpha value is -8.76. The van der Waals surface area contributed by atoms with Gasteiger partial charge in [-0.05, 0) is 135 Å². The number of aromatic nitrogens is 2. The molecule has 0 N–H and O–H groups in total. The second-order valence-corrected chi connectivity index (χ2v) is 28.5. The summed E-state index contributed by atoms with van der Waals surface area (Å²) in [4.78, 5) is 9.83. The molecule has 0 fully saturated rings. The summed E-state index contributed by atoms with van der Waals surface area (Å²) in [5, 5.41) is 2.27. The Morgan fingerprint density at radius 2 is 0.944 bits per heavy atom. The molecule has 89 heavy (non-hydrogen) atoms. The summed E-state index contributed by atoms with van der Waals surface area (Å²) in [6.07, 6.45) is 1.95. The van der Waals surface area contributed by atoms with Crippen LogP contribution in [0.5, 0.6) is 11.5 Å². The van der Waals surface area contributed by atoms with E-state index >= 15 is 0 Å². The third-order valence-corrected chi connectivity index (χ3v) is 18.8. The normalized spacial score (nSPS) is 14.0. The summed E-state index contributed by atoms with van der Waals surface area (Å²) in [5.74, 6) is 2.00. The third kappa shape index (κ3) is 9.32. The smallest absolute Gasteiger partial charge is 0.135 e. The van der Waals surface area contributed by atoms with Crippen LogP contribution in [0.25, 0.3) is 72.1 Å². The van der Waals surface area contributed by atoms with Crippen LogP contribution in [0.4, 0.5) is 22.7 Å². The predicted octanol–water partition coefficient (Wildman–Crippen LogP) is 21.8. The molecule has 5 nitrogen and oxygen atoms in total. The molecule has 6 heteroatoms. The zero-order chi connectivity index (χ0) is 60.8. The number of hydrogen-bond donors (Lipinski definition) is 0. The average Bonchev–Trinajstić information content (AvgIpc) is 1.50. The molecule has 0 amide bonds. The summed E-state index contributed by atoms with van der Waals surface area (Å²) in [6.45, 7) is 29.8. The first-order valence-electron chi connectivity index (χ1n) is 31.1. The summed E-state index contributed by atoms with van der Waals surface area (Å²) in [6, 6.07) is 86.2. The minimum Gasteiger partial charge on any atom is -0.509 e. The van der Waals surface area contributed by atoms with E-state index in [2.05, 4.69) is 323 Å². The van der Waals surface area contributed by atoms with Crippen molar-refractivity contribution in [1.29, 1.82) is 0 Å². The van der Waals surface area contributed by atoms with Gasteiger partial charge in [0.1, 0.15) is 5.82 Å². The van der Waals surface area contributed by atoms with Gasteiger partial charge in [-0.15, -0.1) is 48.1 Å². The average molecular weight is 1340 g/mol. The van der Waals surface area contributed by atoms with Gasteiger partial charge in [0.25, 0.3) is 0 Å². The summed E-state index contributed by atoms with van der Waals surface area (Å²) >= 11 is 0. The molecule has 3 heterocycles. The van der Waals surface area contributed by atoms with E-state index in [9.17, 15) is 0 Å². The Labute approximate surface area is 540 Å². The van der Waals surface area contributed by atoms with Crippen LogP contribution in [-0.4, -0.2) is 9.55 Å². The van der Waals surface area contributed by atoms with Gasteiger partial charge >= 0.3 is 0 Å². The molecule has 0 atom stereocenters. The van der Waals surface area contributed by atoms with E-state index in [1.54, 1.807) is 0 Å². The van der Waals surface area contributed by atoms with Gasteiger partial charge < -0.3 is 19.1 Å². The van der Waals surface area contributed by atoms with Crippen molar-refractivity contribution < 1.29 is 25.8 Å². The van der Waals surface area contributed by atoms with Crippen LogP contribution < -0.4 is 14.5 Å². The van der Waals surface area contributed by atoms with Crippen molar-refractivity contribution in [2.45, 2.75) is 110 Å². The first kappa shape index (κ1) is 58.0. The Balaban J connectivity index is 0.00000694. The molecule has 0 bridgehead atoms. The number of ether oxygens (including phenoxy) is 1. The van der Waals surface area contributed by atoms with Crippen molar-refractivity contribution in [3.8, 4) is 61.8 Å². The van der Waals surface area contributed by atoms with Gasteiger partial charge in [0, 0.05) is 72.5 Å². The largest absolute Gasteiger partial charge is 0.509 e. The Morgan fingerprint density at radius 3 is 1.57 bits per heavy atom. The van der Waals surface area contributed by atoms with Crippen molar-refractivity contribution in [1.82, 2.24) is 9.55 Å². The molecule has 1 aliphatic heterocycles. The van der Waals surface area contributed by atoms with E-state index in [0.717, 1.165) is 56.1 Å². The number of hydrogen-bond acceptors (Lipinski definition) is 4. The topological polar surface area (TPSA) is 33.5 Å². The van der Waals surface area contributed by atoms with Crippen LogP contribution in [-0.2, 0) is 48.1 Å². The first-order valence-corrected chi connectivity index (χ1v) is 31.1. The number of fused-ring (bicyclic) bond motifs is 15. The van der Waals surface area contributed by atoms with Gasteiger partial charge in [0.05, 0.1) is 5.41 Å². The third-order valence-electron chi connectivity index (χ3n) is 18.8. The van der Waals surface area contributed by atoms with Gasteiger partial charge in [-0.25, -0.2) is 4.98 Å². The summed E-state index contributed by atoms with van der Waals surface area (Å²) in [5.41, 5.74) is 25.3. The molecule has 2 aliphatic carbocycles. The Kier molecular flexibility index (Phi) is 13.6. The van der Waals surface area contributed by atoms with E-state index < -0.39 is 5.41 Å². The van der Waals surface area contributed by atoms with Gasteiger partial charge in [0.15, 0.2) is 0 Å². The van der Waals surface area contributed by atoms with Crippen LogP contribution >= 0.6 is 0 Å². The van der Waals surface area contributed by atoms with E-state index in [1.807, 2.05) is 12.3 Å². The molecule has 3 aliphatic rings. The second-order valence-electron chi connectivity index (χ2n) is 28.5. The SMILES string of the molecule is CC(C)(C)c1cccc(-c2cccc(-c3cc(C(C)(C)C)cc(C(C)(C)C)c3)c2N2[CH-]N(c3[c-]c(Oc4[c-]c5c(cc4)c4c6c(ccc4n5-c4cc(C(C)(C)C)ccn4)-c4ccccc4C64c5ccccc5-c5ccccc54)ccc3)c3ccccc32)c1.[Pt]. The van der Waals surface area contributed by atoms with Crippen molar-refractivity contribution in [3.63, 3.8) is 0 Å². The maximum atomic E-state index is 7.05. The Bertz CT molecular complexity index is 4730. The van der Waals surface area contributed by atoms with E-state index in [4.69, 9.17) is 9.72 Å². The minimum absolute atomic E-state index is 0. The standard InChI is InChI=1S/C83H73N4O.Pt/c1-79(2,3)54-25-21-24-52(44-54)61-31-23-32-62(53-45-56(81(7,8)9)47-57(46-53)82(10,11)12)78(61)86-51-85(71-36-19-20-37-72(71)86)58-26-22-27-59(49-58)88-60-38-39-67-74(50-60)87(75-48-55(42-43-84-75)80(4,5)6)73-41-40-66-65-30-15-18-35-70(65)83(77(66)76(67)73)68-33-16-13-28-63(68)64-29-14-17-34-69(64)83;/h13-48,51H,1-12H3;/q-3;. The van der Waals surface area contributed by atoms with Crippen LogP contribution in [0.2, 0.25) is 0 Å². The zero-order valence-electron chi connectivity index (χ0n) is 52.9. The summed E-state index contributed by atoms with van der Waals surface area (Å²) in [7, 11) is 0. The van der Waals surface area contributed by atoms with Crippen molar-refractivity contribution >= 4 is 44.6 Å². The molecule has 2 aromatic heterocycles. The molecular formula is C83H73N4OPt-3. The fourth-order valence-corrected chi connectivity index (χ4v) is 14.2. The molecule has 1 spiro atoms. The fraction of sp³-hybridized carbons (Fsp3) is 0.205. The van der Waals surface area contributed by atoms with E-state index in [1.165, 1.54) is 83.3 Å². The fourth-order valence-electron chi connectivity index (χ4n) is 14.2. The Morgan fingerprint density at radius 1 is 0.427 bits per heavy atom. The number of anilines is 4. The molecule has 0 saturated carbocycles. The number of para-hydroxylation sites is 3. The molecule has 15 rings (SSSR count). The molecule has 10 aromatic carbocycles. The molecule has 444 valence electrons. The van der Waals surface area contributed by atoms with Crippen LogP contribution in [0.15, 0.2) is 219 Å². The van der Waals surface area contributed by atoms with E-state index in [0.29, 0.717) is 11.5 Å². The molecule has 0 saturated heterocycles. The van der Waals surface area contributed by atoms with Crippen LogP contribution in [0.1, 0.15) is 128 Å². The number of pyridine rings is 1. The molecule has 0 radical (unpaired) electrons. The minimum atomic E-state index is -0.558. The van der Waals surface area contributed by atoms with Crippen LogP contribution in [0.3, 0.4) is 0 Å². The maximum Gasteiger partial charge on any atom is 0.135 e. The number of rotatable bonds is 7. The van der Waals surface area contributed by atoms with Gasteiger partial charge in [-0.1, -0.05) is 240 Å². The van der Waals surface area contributed by atoms with Gasteiger partial charge in [-0.2, -0.15) is 12.1 Å². The van der Waals surface area contributed by atoms with E-state index in [-0.39, 0.29) is 42.7 Å². The predicted molar refractivity (Wildman–Crippen MR) is 366 cm³/mol. The number of benzene rings is 10. The zero-order valence-corrected chi connectivity index (χ0v) is 55.1. The first-order chi connectivity index (χ1) is 42.2. The summed E-state index contributed by atoms with van der Waals surface area (Å²) < 4.78 is 9.37. The van der Waals surface area contributed by atoms with Crippen molar-refractivity contribution in [3.05, 3.63) is 282 Å².